The first-order valence-corrected chi connectivity index (χ1v) is 6.41. The fourth-order valence-electron chi connectivity index (χ4n) is 2.94. The largest absolute Gasteiger partial charge is 0.388 e. The summed E-state index contributed by atoms with van der Waals surface area (Å²) in [6.07, 6.45) is 6.05. The molecule has 0 heterocycles. The number of carbonyl (C=O) groups excluding carboxylic acids is 1. The molecule has 1 saturated carbocycles. The van der Waals surface area contributed by atoms with Gasteiger partial charge >= 0.3 is 0 Å². The van der Waals surface area contributed by atoms with Crippen LogP contribution in [0, 0.1) is 0 Å². The molecule has 0 radical (unpaired) electrons. The first kappa shape index (κ1) is 12.3. The number of aliphatic hydroxyl groups excluding tert-OH is 1. The van der Waals surface area contributed by atoms with E-state index in [2.05, 4.69) is 6.92 Å². The Kier molecular flexibility index (Phi) is 3.63. The highest BCUT2D eigenvalue weighted by atomic mass is 16.3. The Bertz CT molecular complexity index is 403. The van der Waals surface area contributed by atoms with Crippen molar-refractivity contribution in [3.05, 3.63) is 35.4 Å². The van der Waals surface area contributed by atoms with Gasteiger partial charge in [-0.15, -0.1) is 0 Å². The maximum atomic E-state index is 11.8. The van der Waals surface area contributed by atoms with E-state index in [-0.39, 0.29) is 11.2 Å². The quantitative estimate of drug-likeness (QED) is 0.813. The van der Waals surface area contributed by atoms with E-state index >= 15 is 0 Å². The second-order valence-electron chi connectivity index (χ2n) is 5.25. The van der Waals surface area contributed by atoms with Crippen LogP contribution in [-0.4, -0.2) is 17.5 Å². The average Bonchev–Trinajstić information content (AvgIpc) is 2.39. The van der Waals surface area contributed by atoms with Crippen LogP contribution in [0.4, 0.5) is 0 Å². The van der Waals surface area contributed by atoms with Gasteiger partial charge in [-0.3, -0.25) is 4.79 Å². The van der Waals surface area contributed by atoms with E-state index in [4.69, 9.17) is 5.11 Å². The van der Waals surface area contributed by atoms with Crippen molar-refractivity contribution in [2.45, 2.75) is 44.4 Å². The second-order valence-corrected chi connectivity index (χ2v) is 5.25. The first-order chi connectivity index (χ1) is 8.17. The zero-order valence-electron chi connectivity index (χ0n) is 10.4. The lowest BCUT2D eigenvalue weighted by Crippen LogP contribution is -2.27. The van der Waals surface area contributed by atoms with Crippen molar-refractivity contribution in [3.8, 4) is 0 Å². The normalized spacial score (nSPS) is 18.9. The van der Waals surface area contributed by atoms with E-state index in [0.29, 0.717) is 5.56 Å². The predicted molar refractivity (Wildman–Crippen MR) is 68.3 cm³/mol. The van der Waals surface area contributed by atoms with Crippen molar-refractivity contribution in [2.24, 2.45) is 0 Å². The molecule has 0 bridgehead atoms. The Morgan fingerprint density at radius 1 is 1.24 bits per heavy atom. The summed E-state index contributed by atoms with van der Waals surface area (Å²) in [5, 5.41) is 9.05. The molecule has 0 atom stereocenters. The summed E-state index contributed by atoms with van der Waals surface area (Å²) < 4.78 is 0. The van der Waals surface area contributed by atoms with Crippen LogP contribution < -0.4 is 0 Å². The van der Waals surface area contributed by atoms with Gasteiger partial charge in [-0.05, 0) is 23.8 Å². The highest BCUT2D eigenvalue weighted by Crippen LogP contribution is 2.40. The molecule has 2 heteroatoms. The number of hydrogen-bond acceptors (Lipinski definition) is 2. The van der Waals surface area contributed by atoms with E-state index in [0.717, 1.165) is 18.4 Å². The van der Waals surface area contributed by atoms with Gasteiger partial charge in [0.1, 0.15) is 6.61 Å². The summed E-state index contributed by atoms with van der Waals surface area (Å²) in [5.74, 6) is -0.160. The fourth-order valence-corrected chi connectivity index (χ4v) is 2.94. The van der Waals surface area contributed by atoms with E-state index in [9.17, 15) is 4.79 Å². The molecule has 1 aromatic rings. The molecule has 0 aliphatic heterocycles. The van der Waals surface area contributed by atoms with Gasteiger partial charge in [-0.1, -0.05) is 50.5 Å². The van der Waals surface area contributed by atoms with Crippen LogP contribution >= 0.6 is 0 Å². The second kappa shape index (κ2) is 5.01. The highest BCUT2D eigenvalue weighted by Gasteiger charge is 2.31. The van der Waals surface area contributed by atoms with Gasteiger partial charge in [-0.25, -0.2) is 0 Å². The summed E-state index contributed by atoms with van der Waals surface area (Å²) in [5.41, 5.74) is 1.94. The van der Waals surface area contributed by atoms with E-state index in [1.807, 2.05) is 24.3 Å². The molecule has 1 aliphatic carbocycles. The third-order valence-corrected chi connectivity index (χ3v) is 3.98. The van der Waals surface area contributed by atoms with Crippen LogP contribution in [0.15, 0.2) is 24.3 Å². The summed E-state index contributed by atoms with van der Waals surface area (Å²) in [4.78, 5) is 11.8. The molecular weight excluding hydrogens is 212 g/mol. The number of benzene rings is 1. The van der Waals surface area contributed by atoms with Crippen LogP contribution in [-0.2, 0) is 5.41 Å². The van der Waals surface area contributed by atoms with Gasteiger partial charge in [0.25, 0.3) is 0 Å². The average molecular weight is 232 g/mol. The summed E-state index contributed by atoms with van der Waals surface area (Å²) in [6, 6.07) is 7.75. The van der Waals surface area contributed by atoms with Crippen molar-refractivity contribution in [3.63, 3.8) is 0 Å². The molecule has 17 heavy (non-hydrogen) atoms. The Morgan fingerprint density at radius 3 is 2.53 bits per heavy atom. The van der Waals surface area contributed by atoms with Crippen LogP contribution in [0.1, 0.15) is 54.9 Å². The van der Waals surface area contributed by atoms with E-state index in [1.54, 1.807) is 0 Å². The molecule has 2 nitrogen and oxygen atoms in total. The zero-order chi connectivity index (χ0) is 12.3. The predicted octanol–water partition coefficient (Wildman–Crippen LogP) is 3.08. The monoisotopic (exact) mass is 232 g/mol. The maximum Gasteiger partial charge on any atom is 0.188 e. The molecule has 1 aliphatic rings. The number of aliphatic hydroxyl groups is 1. The molecule has 0 saturated heterocycles. The maximum absolute atomic E-state index is 11.8. The molecule has 1 aromatic carbocycles. The van der Waals surface area contributed by atoms with Gasteiger partial charge < -0.3 is 5.11 Å². The van der Waals surface area contributed by atoms with Crippen molar-refractivity contribution in [1.82, 2.24) is 0 Å². The lowest BCUT2D eigenvalue weighted by Gasteiger charge is -2.35. The molecule has 0 unspecified atom stereocenters. The van der Waals surface area contributed by atoms with Crippen molar-refractivity contribution in [2.75, 3.05) is 6.61 Å². The molecular formula is C15H20O2. The van der Waals surface area contributed by atoms with Gasteiger partial charge in [0.2, 0.25) is 0 Å². The number of ketones is 1. The Hall–Kier alpha value is -1.15. The Morgan fingerprint density at radius 2 is 1.88 bits per heavy atom. The minimum Gasteiger partial charge on any atom is -0.388 e. The molecule has 92 valence electrons. The third-order valence-electron chi connectivity index (χ3n) is 3.98. The molecule has 1 fully saturated rings. The number of hydrogen-bond donors (Lipinski definition) is 1. The van der Waals surface area contributed by atoms with Crippen LogP contribution in [0.25, 0.3) is 0 Å². The molecule has 0 spiro atoms. The summed E-state index contributed by atoms with van der Waals surface area (Å²) >= 11 is 0. The van der Waals surface area contributed by atoms with Crippen LogP contribution in [0.2, 0.25) is 0 Å². The van der Waals surface area contributed by atoms with E-state index in [1.165, 1.54) is 19.3 Å². The minimum atomic E-state index is -0.396. The fraction of sp³-hybridized carbons (Fsp3) is 0.533. The lowest BCUT2D eigenvalue weighted by atomic mass is 9.69. The first-order valence-electron chi connectivity index (χ1n) is 6.41. The molecule has 0 amide bonds. The van der Waals surface area contributed by atoms with Gasteiger partial charge in [0, 0.05) is 5.56 Å². The molecule has 0 aromatic heterocycles. The Labute approximate surface area is 103 Å². The van der Waals surface area contributed by atoms with Gasteiger partial charge in [-0.2, -0.15) is 0 Å². The van der Waals surface area contributed by atoms with E-state index < -0.39 is 6.61 Å². The topological polar surface area (TPSA) is 37.3 Å². The highest BCUT2D eigenvalue weighted by molar-refractivity contribution is 5.98. The van der Waals surface area contributed by atoms with Crippen LogP contribution in [0.5, 0.6) is 0 Å². The lowest BCUT2D eigenvalue weighted by molar-refractivity contribution is 0.0900. The zero-order valence-corrected chi connectivity index (χ0v) is 10.4. The Balaban J connectivity index is 2.40. The minimum absolute atomic E-state index is 0.111. The number of carbonyl (C=O) groups is 1. The number of rotatable bonds is 3. The third kappa shape index (κ3) is 2.42. The summed E-state index contributed by atoms with van der Waals surface area (Å²) in [6.45, 7) is 1.85. The standard InChI is InChI=1S/C15H20O2/c1-15(9-5-2-6-10-15)13-8-4-3-7-12(13)14(17)11-16/h3-4,7-8,16H,2,5-6,9-11H2,1H3. The molecule has 2 rings (SSSR count). The van der Waals surface area contributed by atoms with Gasteiger partial charge in [0.05, 0.1) is 0 Å². The molecule has 1 N–H and O–H groups in total. The number of Topliss-reactive ketones (excluding diaryl/α,β-unsaturated/α-hetero) is 1. The van der Waals surface area contributed by atoms with Gasteiger partial charge in [0.15, 0.2) is 5.78 Å². The van der Waals surface area contributed by atoms with Crippen molar-refractivity contribution < 1.29 is 9.90 Å². The SMILES string of the molecule is CC1(c2ccccc2C(=O)CO)CCCCC1. The summed E-state index contributed by atoms with van der Waals surface area (Å²) in [7, 11) is 0. The van der Waals surface area contributed by atoms with Crippen molar-refractivity contribution in [1.29, 1.82) is 0 Å². The smallest absolute Gasteiger partial charge is 0.188 e. The van der Waals surface area contributed by atoms with Crippen LogP contribution in [0.3, 0.4) is 0 Å². The van der Waals surface area contributed by atoms with Crippen molar-refractivity contribution >= 4 is 5.78 Å².